The minimum atomic E-state index is 0.743. The third-order valence-electron chi connectivity index (χ3n) is 3.38. The lowest BCUT2D eigenvalue weighted by atomic mass is 10.1. The number of nitrogens with zero attached hydrogens (tertiary/aromatic N) is 2. The summed E-state index contributed by atoms with van der Waals surface area (Å²) in [7, 11) is 0. The molecule has 1 aliphatic carbocycles. The van der Waals surface area contributed by atoms with Crippen molar-refractivity contribution < 1.29 is 0 Å². The summed E-state index contributed by atoms with van der Waals surface area (Å²) in [6, 6.07) is 9.40. The lowest BCUT2D eigenvalue weighted by molar-refractivity contribution is 0.634. The van der Waals surface area contributed by atoms with Crippen molar-refractivity contribution in [2.24, 2.45) is 0 Å². The van der Waals surface area contributed by atoms with Gasteiger partial charge in [-0.1, -0.05) is 29.8 Å². The van der Waals surface area contributed by atoms with E-state index in [0.29, 0.717) is 0 Å². The first-order chi connectivity index (χ1) is 8.81. The van der Waals surface area contributed by atoms with Crippen molar-refractivity contribution in [3.8, 4) is 0 Å². The summed E-state index contributed by atoms with van der Waals surface area (Å²) in [6.07, 6.45) is 6.54. The number of hydrogen-bond acceptors (Lipinski definition) is 2. The van der Waals surface area contributed by atoms with Gasteiger partial charge in [0.05, 0.1) is 12.0 Å². The second-order valence-electron chi connectivity index (χ2n) is 5.16. The molecule has 3 heteroatoms. The third-order valence-corrected chi connectivity index (χ3v) is 3.38. The molecule has 2 aromatic rings. The molecule has 18 heavy (non-hydrogen) atoms. The average molecular weight is 241 g/mol. The van der Waals surface area contributed by atoms with Gasteiger partial charge in [0, 0.05) is 25.3 Å². The van der Waals surface area contributed by atoms with Gasteiger partial charge in [0.25, 0.3) is 0 Å². The average Bonchev–Trinajstić information content (AvgIpc) is 3.08. The zero-order valence-electron chi connectivity index (χ0n) is 10.8. The van der Waals surface area contributed by atoms with Crippen LogP contribution in [0.5, 0.6) is 0 Å². The highest BCUT2D eigenvalue weighted by Gasteiger charge is 2.20. The van der Waals surface area contributed by atoms with Crippen LogP contribution in [-0.4, -0.2) is 15.6 Å². The quantitative estimate of drug-likeness (QED) is 0.871. The van der Waals surface area contributed by atoms with Crippen molar-refractivity contribution in [2.45, 2.75) is 38.9 Å². The summed E-state index contributed by atoms with van der Waals surface area (Å²) in [6.45, 7) is 3.97. The van der Waals surface area contributed by atoms with Crippen LogP contribution in [0.2, 0.25) is 0 Å². The van der Waals surface area contributed by atoms with Crippen LogP contribution in [0, 0.1) is 6.92 Å². The Morgan fingerprint density at radius 2 is 2.28 bits per heavy atom. The van der Waals surface area contributed by atoms with E-state index in [1.807, 2.05) is 12.5 Å². The highest BCUT2D eigenvalue weighted by Crippen LogP contribution is 2.19. The highest BCUT2D eigenvalue weighted by molar-refractivity contribution is 5.23. The Balaban J connectivity index is 1.69. The summed E-state index contributed by atoms with van der Waals surface area (Å²) in [4.78, 5) is 4.26. The maximum absolute atomic E-state index is 4.26. The van der Waals surface area contributed by atoms with Gasteiger partial charge < -0.3 is 9.88 Å². The predicted molar refractivity (Wildman–Crippen MR) is 72.4 cm³/mol. The summed E-state index contributed by atoms with van der Waals surface area (Å²) in [5.74, 6) is 0. The zero-order chi connectivity index (χ0) is 12.4. The number of benzene rings is 1. The molecule has 0 aliphatic heterocycles. The molecular weight excluding hydrogens is 222 g/mol. The van der Waals surface area contributed by atoms with Gasteiger partial charge >= 0.3 is 0 Å². The molecule has 1 heterocycles. The molecule has 3 rings (SSSR count). The van der Waals surface area contributed by atoms with Crippen LogP contribution >= 0.6 is 0 Å². The number of aromatic nitrogens is 2. The maximum Gasteiger partial charge on any atom is 0.0951 e. The number of hydrogen-bond donors (Lipinski definition) is 1. The van der Waals surface area contributed by atoms with Gasteiger partial charge in [0.1, 0.15) is 0 Å². The Bertz CT molecular complexity index is 526. The molecule has 94 valence electrons. The van der Waals surface area contributed by atoms with E-state index in [9.17, 15) is 0 Å². The third kappa shape index (κ3) is 2.79. The van der Waals surface area contributed by atoms with Crippen molar-refractivity contribution in [1.29, 1.82) is 0 Å². The van der Waals surface area contributed by atoms with Crippen LogP contribution < -0.4 is 5.32 Å². The fraction of sp³-hybridized carbons (Fsp3) is 0.400. The van der Waals surface area contributed by atoms with Gasteiger partial charge in [-0.15, -0.1) is 0 Å². The van der Waals surface area contributed by atoms with E-state index < -0.39 is 0 Å². The summed E-state index contributed by atoms with van der Waals surface area (Å²) in [5.41, 5.74) is 3.91. The summed E-state index contributed by atoms with van der Waals surface area (Å²) in [5, 5.41) is 3.54. The molecule has 1 aromatic heterocycles. The Labute approximate surface area is 108 Å². The molecule has 0 amide bonds. The molecule has 0 radical (unpaired) electrons. The van der Waals surface area contributed by atoms with Crippen molar-refractivity contribution in [3.63, 3.8) is 0 Å². The van der Waals surface area contributed by atoms with Gasteiger partial charge in [0.15, 0.2) is 0 Å². The minimum Gasteiger partial charge on any atom is -0.329 e. The fourth-order valence-corrected chi connectivity index (χ4v) is 2.18. The lowest BCUT2D eigenvalue weighted by Crippen LogP contribution is -2.18. The maximum atomic E-state index is 4.26. The van der Waals surface area contributed by atoms with Gasteiger partial charge in [-0.2, -0.15) is 0 Å². The van der Waals surface area contributed by atoms with Crippen LogP contribution in [0.15, 0.2) is 36.8 Å². The monoisotopic (exact) mass is 241 g/mol. The topological polar surface area (TPSA) is 29.9 Å². The highest BCUT2D eigenvalue weighted by atomic mass is 15.1. The van der Waals surface area contributed by atoms with Gasteiger partial charge in [-0.25, -0.2) is 4.98 Å². The van der Waals surface area contributed by atoms with E-state index in [-0.39, 0.29) is 0 Å². The predicted octanol–water partition coefficient (Wildman–Crippen LogP) is 2.49. The lowest BCUT2D eigenvalue weighted by Gasteiger charge is -2.09. The van der Waals surface area contributed by atoms with Gasteiger partial charge in [0.2, 0.25) is 0 Å². The van der Waals surface area contributed by atoms with Crippen LogP contribution in [-0.2, 0) is 13.1 Å². The standard InChI is InChI=1S/C15H19N3/c1-12-3-2-4-13(7-12)10-18-11-16-8-15(18)9-17-14-5-6-14/h2-4,7-8,11,14,17H,5-6,9-10H2,1H3. The normalized spacial score (nSPS) is 14.9. The first-order valence-corrected chi connectivity index (χ1v) is 6.59. The van der Waals surface area contributed by atoms with E-state index >= 15 is 0 Å². The number of rotatable bonds is 5. The van der Waals surface area contributed by atoms with E-state index in [1.54, 1.807) is 0 Å². The summed E-state index contributed by atoms with van der Waals surface area (Å²) >= 11 is 0. The molecule has 3 nitrogen and oxygen atoms in total. The molecule has 0 atom stereocenters. The molecule has 1 aliphatic rings. The fourth-order valence-electron chi connectivity index (χ4n) is 2.18. The molecular formula is C15H19N3. The number of aryl methyl sites for hydroxylation is 1. The van der Waals surface area contributed by atoms with E-state index in [0.717, 1.165) is 19.1 Å². The van der Waals surface area contributed by atoms with Crippen LogP contribution in [0.4, 0.5) is 0 Å². The Morgan fingerprint density at radius 1 is 1.39 bits per heavy atom. The second kappa shape index (κ2) is 4.94. The van der Waals surface area contributed by atoms with Crippen molar-refractivity contribution in [3.05, 3.63) is 53.6 Å². The van der Waals surface area contributed by atoms with E-state index in [4.69, 9.17) is 0 Å². The second-order valence-corrected chi connectivity index (χ2v) is 5.16. The molecule has 0 bridgehead atoms. The number of nitrogens with one attached hydrogen (secondary N) is 1. The van der Waals surface area contributed by atoms with E-state index in [2.05, 4.69) is 46.1 Å². The smallest absolute Gasteiger partial charge is 0.0951 e. The first-order valence-electron chi connectivity index (χ1n) is 6.59. The van der Waals surface area contributed by atoms with Gasteiger partial charge in [-0.05, 0) is 25.3 Å². The van der Waals surface area contributed by atoms with Crippen molar-refractivity contribution >= 4 is 0 Å². The Kier molecular flexibility index (Phi) is 3.15. The largest absolute Gasteiger partial charge is 0.329 e. The molecule has 1 N–H and O–H groups in total. The minimum absolute atomic E-state index is 0.743. The molecule has 0 saturated heterocycles. The van der Waals surface area contributed by atoms with Crippen LogP contribution in [0.1, 0.15) is 29.7 Å². The Morgan fingerprint density at radius 3 is 3.06 bits per heavy atom. The van der Waals surface area contributed by atoms with Crippen molar-refractivity contribution in [2.75, 3.05) is 0 Å². The SMILES string of the molecule is Cc1cccc(Cn2cncc2CNC2CC2)c1. The molecule has 1 fully saturated rings. The number of imidazole rings is 1. The van der Waals surface area contributed by atoms with E-state index in [1.165, 1.54) is 29.7 Å². The summed E-state index contributed by atoms with van der Waals surface area (Å²) < 4.78 is 2.23. The molecule has 0 spiro atoms. The molecule has 1 aromatic carbocycles. The first kappa shape index (κ1) is 11.5. The molecule has 1 saturated carbocycles. The van der Waals surface area contributed by atoms with Crippen molar-refractivity contribution in [1.82, 2.24) is 14.9 Å². The van der Waals surface area contributed by atoms with Gasteiger partial charge in [-0.3, -0.25) is 0 Å². The zero-order valence-corrected chi connectivity index (χ0v) is 10.8. The van der Waals surface area contributed by atoms with Crippen LogP contribution in [0.25, 0.3) is 0 Å². The molecule has 0 unspecified atom stereocenters. The van der Waals surface area contributed by atoms with Crippen LogP contribution in [0.3, 0.4) is 0 Å². The Hall–Kier alpha value is -1.61.